The smallest absolute Gasteiger partial charge is 0.303 e. The molecule has 0 unspecified atom stereocenters. The molecule has 108 valence electrons. The zero-order valence-electron chi connectivity index (χ0n) is 12.7. The van der Waals surface area contributed by atoms with E-state index in [4.69, 9.17) is 9.53 Å². The van der Waals surface area contributed by atoms with Gasteiger partial charge in [0.25, 0.3) is 0 Å². The molecule has 4 heteroatoms. The van der Waals surface area contributed by atoms with Gasteiger partial charge in [-0.3, -0.25) is 4.79 Å². The summed E-state index contributed by atoms with van der Waals surface area (Å²) >= 11 is 0. The van der Waals surface area contributed by atoms with Crippen LogP contribution in [0.5, 0.6) is 0 Å². The minimum atomic E-state index is -1.66. The van der Waals surface area contributed by atoms with Crippen molar-refractivity contribution in [3.8, 4) is 0 Å². The molecule has 0 fully saturated rings. The topological polar surface area (TPSA) is 46.5 Å². The van der Waals surface area contributed by atoms with Crippen molar-refractivity contribution in [2.24, 2.45) is 0 Å². The molecular weight excluding hydrogens is 244 g/mol. The predicted molar refractivity (Wildman–Crippen MR) is 78.5 cm³/mol. The van der Waals surface area contributed by atoms with Crippen molar-refractivity contribution in [2.75, 3.05) is 0 Å². The van der Waals surface area contributed by atoms with Gasteiger partial charge in [0.15, 0.2) is 8.32 Å². The second-order valence-corrected chi connectivity index (χ2v) is 9.82. The van der Waals surface area contributed by atoms with Gasteiger partial charge in [-0.05, 0) is 37.4 Å². The van der Waals surface area contributed by atoms with Crippen molar-refractivity contribution >= 4 is 14.3 Å². The maximum atomic E-state index is 10.8. The van der Waals surface area contributed by atoms with Gasteiger partial charge < -0.3 is 9.53 Å². The van der Waals surface area contributed by atoms with Gasteiger partial charge in [0, 0.05) is 6.42 Å². The summed E-state index contributed by atoms with van der Waals surface area (Å²) in [6.45, 7) is 10.9. The molecule has 0 aromatic rings. The van der Waals surface area contributed by atoms with E-state index in [1.807, 2.05) is 0 Å². The highest BCUT2D eigenvalue weighted by Gasteiger charge is 2.38. The Kier molecular flexibility index (Phi) is 7.79. The van der Waals surface area contributed by atoms with Crippen molar-refractivity contribution in [3.05, 3.63) is 0 Å². The maximum Gasteiger partial charge on any atom is 0.303 e. The number of carboxylic acid groups (broad SMARTS) is 1. The molecule has 0 radical (unpaired) electrons. The van der Waals surface area contributed by atoms with E-state index in [1.54, 1.807) is 0 Å². The van der Waals surface area contributed by atoms with Crippen LogP contribution in [0.25, 0.3) is 0 Å². The van der Waals surface area contributed by atoms with Crippen LogP contribution in [0.4, 0.5) is 0 Å². The van der Waals surface area contributed by atoms with Gasteiger partial charge in [0.05, 0.1) is 5.60 Å². The number of carbonyl (C=O) groups is 1. The van der Waals surface area contributed by atoms with Gasteiger partial charge in [-0.25, -0.2) is 0 Å². The molecule has 18 heavy (non-hydrogen) atoms. The molecule has 0 heterocycles. The summed E-state index contributed by atoms with van der Waals surface area (Å²) in [6, 6.07) is 3.36. The summed E-state index contributed by atoms with van der Waals surface area (Å²) in [5.74, 6) is -0.721. The molecule has 0 bridgehead atoms. The van der Waals surface area contributed by atoms with E-state index >= 15 is 0 Å². The van der Waals surface area contributed by atoms with E-state index in [1.165, 1.54) is 0 Å². The third-order valence-electron chi connectivity index (χ3n) is 4.45. The normalized spacial score (nSPS) is 12.7. The standard InChI is InChI=1S/C14H30O3Si/c1-6-14(7-2,12-11-13(15)16)17-18(8-3,9-4)10-5/h6-12H2,1-5H3,(H,15,16). The van der Waals surface area contributed by atoms with Crippen LogP contribution in [0.2, 0.25) is 18.1 Å². The summed E-state index contributed by atoms with van der Waals surface area (Å²) < 4.78 is 6.60. The summed E-state index contributed by atoms with van der Waals surface area (Å²) in [7, 11) is -1.66. The first kappa shape index (κ1) is 17.6. The predicted octanol–water partition coefficient (Wildman–Crippen LogP) is 4.43. The number of hydrogen-bond donors (Lipinski definition) is 1. The Bertz CT molecular complexity index is 237. The number of aliphatic carboxylic acids is 1. The Hall–Kier alpha value is -0.353. The van der Waals surface area contributed by atoms with Gasteiger partial charge in [-0.2, -0.15) is 0 Å². The van der Waals surface area contributed by atoms with E-state index in [0.717, 1.165) is 31.0 Å². The molecule has 0 aliphatic carbocycles. The lowest BCUT2D eigenvalue weighted by Crippen LogP contribution is -2.47. The quantitative estimate of drug-likeness (QED) is 0.599. The fourth-order valence-electron chi connectivity index (χ4n) is 2.56. The third-order valence-corrected chi connectivity index (χ3v) is 9.18. The van der Waals surface area contributed by atoms with Crippen LogP contribution in [0.1, 0.15) is 60.3 Å². The fourth-order valence-corrected chi connectivity index (χ4v) is 5.80. The van der Waals surface area contributed by atoms with Crippen LogP contribution in [0, 0.1) is 0 Å². The van der Waals surface area contributed by atoms with Gasteiger partial charge in [-0.1, -0.05) is 34.6 Å². The average molecular weight is 274 g/mol. The average Bonchev–Trinajstić information content (AvgIpc) is 2.40. The maximum absolute atomic E-state index is 10.8. The molecule has 0 spiro atoms. The van der Waals surface area contributed by atoms with Crippen LogP contribution in [0.3, 0.4) is 0 Å². The Morgan fingerprint density at radius 3 is 1.78 bits per heavy atom. The molecule has 0 saturated carbocycles. The Balaban J connectivity index is 4.91. The Labute approximate surface area is 113 Å². The molecular formula is C14H30O3Si. The molecule has 1 N–H and O–H groups in total. The van der Waals surface area contributed by atoms with Crippen molar-refractivity contribution in [3.63, 3.8) is 0 Å². The first-order valence-corrected chi connectivity index (χ1v) is 9.88. The molecule has 0 rings (SSSR count). The van der Waals surface area contributed by atoms with Gasteiger partial charge in [0.2, 0.25) is 0 Å². The number of carboxylic acids is 1. The second kappa shape index (κ2) is 7.95. The first-order chi connectivity index (χ1) is 8.43. The summed E-state index contributed by atoms with van der Waals surface area (Å²) in [4.78, 5) is 10.8. The van der Waals surface area contributed by atoms with Gasteiger partial charge >= 0.3 is 5.97 Å². The van der Waals surface area contributed by atoms with Crippen LogP contribution >= 0.6 is 0 Å². The summed E-state index contributed by atoms with van der Waals surface area (Å²) in [5, 5.41) is 8.89. The zero-order valence-corrected chi connectivity index (χ0v) is 13.7. The van der Waals surface area contributed by atoms with Crippen molar-refractivity contribution in [1.82, 2.24) is 0 Å². The van der Waals surface area contributed by atoms with E-state index in [-0.39, 0.29) is 12.0 Å². The molecule has 0 aromatic heterocycles. The van der Waals surface area contributed by atoms with E-state index in [9.17, 15) is 4.79 Å². The van der Waals surface area contributed by atoms with Crippen LogP contribution in [-0.2, 0) is 9.22 Å². The van der Waals surface area contributed by atoms with Crippen LogP contribution in [-0.4, -0.2) is 25.0 Å². The fraction of sp³-hybridized carbons (Fsp3) is 0.929. The molecule has 3 nitrogen and oxygen atoms in total. The van der Waals surface area contributed by atoms with E-state index in [2.05, 4.69) is 34.6 Å². The monoisotopic (exact) mass is 274 g/mol. The Morgan fingerprint density at radius 1 is 1.06 bits per heavy atom. The zero-order chi connectivity index (χ0) is 14.2. The molecule has 0 atom stereocenters. The SMILES string of the molecule is CCC(CC)(CCC(=O)O)O[Si](CC)(CC)CC. The van der Waals surface area contributed by atoms with Crippen molar-refractivity contribution in [2.45, 2.75) is 84.0 Å². The largest absolute Gasteiger partial charge is 0.481 e. The highest BCUT2D eigenvalue weighted by Crippen LogP contribution is 2.35. The second-order valence-electron chi connectivity index (χ2n) is 5.13. The summed E-state index contributed by atoms with van der Waals surface area (Å²) in [5.41, 5.74) is -0.216. The highest BCUT2D eigenvalue weighted by molar-refractivity contribution is 6.73. The van der Waals surface area contributed by atoms with Crippen molar-refractivity contribution < 1.29 is 14.3 Å². The summed E-state index contributed by atoms with van der Waals surface area (Å²) in [6.07, 6.45) is 2.67. The molecule has 0 aliphatic rings. The number of hydrogen-bond acceptors (Lipinski definition) is 2. The minimum Gasteiger partial charge on any atom is -0.481 e. The third kappa shape index (κ3) is 4.73. The van der Waals surface area contributed by atoms with Crippen LogP contribution < -0.4 is 0 Å². The van der Waals surface area contributed by atoms with E-state index in [0.29, 0.717) is 6.42 Å². The lowest BCUT2D eigenvalue weighted by molar-refractivity contribution is -0.138. The number of rotatable bonds is 10. The molecule has 0 aromatic carbocycles. The molecule has 0 aliphatic heterocycles. The Morgan fingerprint density at radius 2 is 1.50 bits per heavy atom. The first-order valence-electron chi connectivity index (χ1n) is 7.35. The van der Waals surface area contributed by atoms with Crippen LogP contribution in [0.15, 0.2) is 0 Å². The van der Waals surface area contributed by atoms with Gasteiger partial charge in [0.1, 0.15) is 0 Å². The minimum absolute atomic E-state index is 0.212. The molecule has 0 amide bonds. The lowest BCUT2D eigenvalue weighted by atomic mass is 9.92. The van der Waals surface area contributed by atoms with Crippen molar-refractivity contribution in [1.29, 1.82) is 0 Å². The lowest BCUT2D eigenvalue weighted by Gasteiger charge is -2.42. The molecule has 0 saturated heterocycles. The van der Waals surface area contributed by atoms with Gasteiger partial charge in [-0.15, -0.1) is 0 Å². The highest BCUT2D eigenvalue weighted by atomic mass is 28.4. The van der Waals surface area contributed by atoms with E-state index < -0.39 is 14.3 Å².